The van der Waals surface area contributed by atoms with Gasteiger partial charge in [0, 0.05) is 23.8 Å². The Labute approximate surface area is 280 Å². The number of benzene rings is 4. The molecule has 4 aromatic carbocycles. The first kappa shape index (κ1) is 51.5. The number of halogens is 1. The molecule has 0 amide bonds. The minimum Gasteiger partial charge on any atom is -1.00 e. The molecule has 0 aliphatic heterocycles. The fourth-order valence-corrected chi connectivity index (χ4v) is 2.31. The fourth-order valence-electron chi connectivity index (χ4n) is 2.31. The molecule has 6 nitrogen and oxygen atoms in total. The van der Waals surface area contributed by atoms with Crippen LogP contribution in [0.2, 0.25) is 0 Å². The number of nitro benzene ring substituents is 1. The number of non-ortho nitro benzene ring substituents is 1. The van der Waals surface area contributed by atoms with E-state index in [9.17, 15) is 10.1 Å². The Morgan fingerprint density at radius 2 is 0.905 bits per heavy atom. The first-order chi connectivity index (χ1) is 18.6. The number of hydrogen-bond donors (Lipinski definition) is 3. The molecule has 8 heteroatoms. The van der Waals surface area contributed by atoms with Gasteiger partial charge in [-0.05, 0) is 17.5 Å². The molecule has 1 aromatic heterocycles. The van der Waals surface area contributed by atoms with E-state index in [1.165, 1.54) is 35.9 Å². The average Bonchev–Trinajstić information content (AvgIpc) is 3.48. The Morgan fingerprint density at radius 1 is 0.619 bits per heavy atom. The average molecular weight is 650 g/mol. The zero-order valence-corrected chi connectivity index (χ0v) is 28.7. The Bertz CT molecular complexity index is 1020. The van der Waals surface area contributed by atoms with Crippen molar-refractivity contribution in [1.29, 1.82) is 0 Å². The summed E-state index contributed by atoms with van der Waals surface area (Å²) in [4.78, 5) is 12.7. The van der Waals surface area contributed by atoms with Crippen molar-refractivity contribution >= 4 is 39.6 Å². The van der Waals surface area contributed by atoms with E-state index in [1.807, 2.05) is 91.1 Å². The summed E-state index contributed by atoms with van der Waals surface area (Å²) < 4.78 is 0. The standard InChI is InChI=1S/C8H7N.C6H5NO2.2C6H6.2C3H8.C2H3.BrH.Mg.2H3N/c1-2-4-8-7(3-1)5-6-9-8;8-7(9)6-4-2-1-3-5-6;2*1-2-4-6-5-3-1;2*1-3-2;1-2;;;;/h1-6,9H;1-5H;2*1-6H;2*3H2,1-2H3;1H,2H2;1H;;2*1H3/q;;;;;;-1;;+2;;/p-1. The van der Waals surface area contributed by atoms with Crippen molar-refractivity contribution in [1.82, 2.24) is 17.3 Å². The van der Waals surface area contributed by atoms with Crippen molar-refractivity contribution in [3.63, 3.8) is 0 Å². The van der Waals surface area contributed by atoms with E-state index in [0.717, 1.165) is 0 Å². The number of nitrogens with one attached hydrogen (secondary N) is 1. The largest absolute Gasteiger partial charge is 2.00 e. The molecule has 226 valence electrons. The molecule has 0 spiro atoms. The number of H-pyrrole nitrogens is 1. The summed E-state index contributed by atoms with van der Waals surface area (Å²) >= 11 is 0. The third kappa shape index (κ3) is 32.9. The van der Waals surface area contributed by atoms with Crippen LogP contribution in [0.4, 0.5) is 5.69 Å². The summed E-state index contributed by atoms with van der Waals surface area (Å²) in [7, 11) is 0. The summed E-state index contributed by atoms with van der Waals surface area (Å²) in [6.45, 7) is 15.5. The van der Waals surface area contributed by atoms with Crippen LogP contribution in [0.25, 0.3) is 10.9 Å². The van der Waals surface area contributed by atoms with Crippen molar-refractivity contribution in [2.75, 3.05) is 0 Å². The van der Waals surface area contributed by atoms with Gasteiger partial charge in [0.05, 0.1) is 4.92 Å². The molecule has 0 saturated carbocycles. The molecule has 0 atom stereocenters. The molecule has 5 rings (SSSR count). The Kier molecular flexibility index (Phi) is 51.7. The van der Waals surface area contributed by atoms with Crippen molar-refractivity contribution < 1.29 is 21.9 Å². The van der Waals surface area contributed by atoms with Crippen LogP contribution in [0.3, 0.4) is 0 Å². The molecule has 5 aromatic rings. The van der Waals surface area contributed by atoms with Gasteiger partial charge in [0.15, 0.2) is 0 Å². The number of hydrogen-bond acceptors (Lipinski definition) is 4. The smallest absolute Gasteiger partial charge is 1.00 e. The summed E-state index contributed by atoms with van der Waals surface area (Å²) in [5, 5.41) is 11.3. The Hall–Kier alpha value is -3.27. The SMILES string of the molecule is CCC.CCC.N.N.O=[N+]([O-])c1ccccc1.[Br-].[CH-]=C.[Mg+2].c1ccc2[nH]ccc2c1.c1ccccc1.c1ccccc1. The molecule has 0 fully saturated rings. The van der Waals surface area contributed by atoms with E-state index in [4.69, 9.17) is 0 Å². The predicted octanol–water partition coefficient (Wildman–Crippen LogP) is 7.52. The number of para-hydroxylation sites is 2. The summed E-state index contributed by atoms with van der Waals surface area (Å²) in [6, 6.07) is 42.2. The Balaban J connectivity index is -0.0000000933. The van der Waals surface area contributed by atoms with Gasteiger partial charge in [-0.15, -0.1) is 0 Å². The van der Waals surface area contributed by atoms with Gasteiger partial charge in [-0.3, -0.25) is 16.7 Å². The van der Waals surface area contributed by atoms with E-state index < -0.39 is 4.92 Å². The van der Waals surface area contributed by atoms with Crippen LogP contribution in [-0.4, -0.2) is 33.0 Å². The summed E-state index contributed by atoms with van der Waals surface area (Å²) in [5.41, 5.74) is 1.34. The minimum absolute atomic E-state index is 0. The van der Waals surface area contributed by atoms with Gasteiger partial charge in [-0.1, -0.05) is 150 Å². The molecule has 0 unspecified atom stereocenters. The summed E-state index contributed by atoms with van der Waals surface area (Å²) in [6.07, 6.45) is 4.45. The quantitative estimate of drug-likeness (QED) is 0.0751. The minimum atomic E-state index is -0.417. The van der Waals surface area contributed by atoms with Crippen LogP contribution < -0.4 is 29.3 Å². The Morgan fingerprint density at radius 3 is 1.19 bits per heavy atom. The third-order valence-corrected chi connectivity index (χ3v) is 3.76. The normalized spacial score (nSPS) is 7.33. The second-order valence-corrected chi connectivity index (χ2v) is 7.38. The van der Waals surface area contributed by atoms with Gasteiger partial charge >= 0.3 is 23.1 Å². The third-order valence-electron chi connectivity index (χ3n) is 3.76. The van der Waals surface area contributed by atoms with Crippen molar-refractivity contribution in [3.8, 4) is 0 Å². The van der Waals surface area contributed by atoms with Crippen LogP contribution >= 0.6 is 0 Å². The second kappa shape index (κ2) is 42.2. The zero-order valence-electron chi connectivity index (χ0n) is 25.7. The molecule has 0 bridgehead atoms. The van der Waals surface area contributed by atoms with Crippen LogP contribution in [0.1, 0.15) is 40.5 Å². The molecule has 0 radical (unpaired) electrons. The first-order valence-electron chi connectivity index (χ1n) is 12.7. The van der Waals surface area contributed by atoms with E-state index in [2.05, 4.69) is 64.0 Å². The van der Waals surface area contributed by atoms with Gasteiger partial charge < -0.3 is 40.8 Å². The summed E-state index contributed by atoms with van der Waals surface area (Å²) in [5.74, 6) is 0. The predicted molar refractivity (Wildman–Crippen MR) is 182 cm³/mol. The maximum Gasteiger partial charge on any atom is 2.00 e. The van der Waals surface area contributed by atoms with Crippen LogP contribution in [-0.2, 0) is 0 Å². The van der Waals surface area contributed by atoms with Gasteiger partial charge in [-0.2, -0.15) is 0 Å². The number of rotatable bonds is 1. The van der Waals surface area contributed by atoms with Crippen molar-refractivity contribution in [2.45, 2.75) is 40.5 Å². The molecular formula is C34H49BrMgN4O2. The molecule has 42 heavy (non-hydrogen) atoms. The number of fused-ring (bicyclic) bond motifs is 1. The second-order valence-electron chi connectivity index (χ2n) is 7.38. The fraction of sp³-hybridized carbons (Fsp3) is 0.176. The first-order valence-corrected chi connectivity index (χ1v) is 12.7. The topological polar surface area (TPSA) is 129 Å². The van der Waals surface area contributed by atoms with Gasteiger partial charge in [0.2, 0.25) is 0 Å². The molecular weight excluding hydrogens is 601 g/mol. The van der Waals surface area contributed by atoms with Gasteiger partial charge in [-0.25, -0.2) is 0 Å². The molecule has 0 aliphatic carbocycles. The van der Waals surface area contributed by atoms with Crippen molar-refractivity contribution in [3.05, 3.63) is 163 Å². The number of nitro groups is 1. The van der Waals surface area contributed by atoms with Crippen LogP contribution in [0, 0.1) is 16.7 Å². The van der Waals surface area contributed by atoms with E-state index in [1.54, 1.807) is 18.2 Å². The maximum absolute atomic E-state index is 10.0. The molecule has 0 aliphatic rings. The monoisotopic (exact) mass is 648 g/mol. The van der Waals surface area contributed by atoms with Crippen LogP contribution in [0.15, 0.2) is 146 Å². The van der Waals surface area contributed by atoms with E-state index in [-0.39, 0.29) is 58.0 Å². The molecule has 0 saturated heterocycles. The zero-order chi connectivity index (χ0) is 28.7. The molecule has 1 heterocycles. The maximum atomic E-state index is 10.0. The van der Waals surface area contributed by atoms with Crippen LogP contribution in [0.5, 0.6) is 0 Å². The number of nitrogens with zero attached hydrogens (tertiary/aromatic N) is 1. The number of aromatic nitrogens is 1. The molecule has 7 N–H and O–H groups in total. The van der Waals surface area contributed by atoms with Gasteiger partial charge in [0.25, 0.3) is 5.69 Å². The van der Waals surface area contributed by atoms with E-state index >= 15 is 0 Å². The van der Waals surface area contributed by atoms with E-state index in [0.29, 0.717) is 0 Å². The van der Waals surface area contributed by atoms with Crippen molar-refractivity contribution in [2.24, 2.45) is 0 Å². The van der Waals surface area contributed by atoms with Gasteiger partial charge in [0.1, 0.15) is 0 Å². The number of aromatic amines is 1.